The van der Waals surface area contributed by atoms with Crippen LogP contribution in [0.5, 0.6) is 0 Å². The number of hydrogen-bond acceptors (Lipinski definition) is 3. The van der Waals surface area contributed by atoms with Crippen molar-refractivity contribution in [3.63, 3.8) is 0 Å². The predicted molar refractivity (Wildman–Crippen MR) is 113 cm³/mol. The highest BCUT2D eigenvalue weighted by Gasteiger charge is 2.25. The van der Waals surface area contributed by atoms with E-state index in [4.69, 9.17) is 0 Å². The molecule has 4 heterocycles. The Kier molecular flexibility index (Phi) is 4.57. The first-order chi connectivity index (χ1) is 13.7. The number of aromatic amines is 2. The van der Waals surface area contributed by atoms with E-state index in [1.165, 1.54) is 54.6 Å². The average molecular weight is 376 g/mol. The van der Waals surface area contributed by atoms with Gasteiger partial charge >= 0.3 is 0 Å². The number of benzene rings is 1. The Bertz CT molecular complexity index is 861. The van der Waals surface area contributed by atoms with E-state index in [9.17, 15) is 0 Å². The van der Waals surface area contributed by atoms with Crippen LogP contribution in [0.3, 0.4) is 0 Å². The molecule has 0 radical (unpaired) electrons. The van der Waals surface area contributed by atoms with Crippen molar-refractivity contribution in [2.75, 3.05) is 27.2 Å². The minimum Gasteiger partial charge on any atom is -0.363 e. The number of hydrogen-bond donors (Lipinski definition) is 2. The lowest BCUT2D eigenvalue weighted by Crippen LogP contribution is -2.18. The fraction of sp³-hybridized carbons (Fsp3) is 0.435. The summed E-state index contributed by atoms with van der Waals surface area (Å²) in [5.41, 5.74) is 6.14. The summed E-state index contributed by atoms with van der Waals surface area (Å²) in [7, 11) is 4.40. The van der Waals surface area contributed by atoms with Crippen LogP contribution in [0.4, 0.5) is 0 Å². The molecule has 2 aromatic heterocycles. The molecule has 5 heteroatoms. The Morgan fingerprint density at radius 3 is 2.25 bits per heavy atom. The second-order valence-electron chi connectivity index (χ2n) is 8.38. The van der Waals surface area contributed by atoms with Crippen LogP contribution in [-0.2, 0) is 0 Å². The number of aromatic nitrogens is 3. The van der Waals surface area contributed by atoms with Gasteiger partial charge in [0.05, 0.1) is 17.9 Å². The molecule has 0 spiro atoms. The van der Waals surface area contributed by atoms with Gasteiger partial charge < -0.3 is 9.97 Å². The van der Waals surface area contributed by atoms with E-state index < -0.39 is 0 Å². The van der Waals surface area contributed by atoms with Crippen molar-refractivity contribution in [2.24, 2.45) is 0 Å². The highest BCUT2D eigenvalue weighted by molar-refractivity contribution is 5.68. The van der Waals surface area contributed by atoms with Gasteiger partial charge in [0.15, 0.2) is 0 Å². The summed E-state index contributed by atoms with van der Waals surface area (Å²) < 4.78 is 0. The summed E-state index contributed by atoms with van der Waals surface area (Å²) in [4.78, 5) is 16.5. The first kappa shape index (κ1) is 17.7. The van der Waals surface area contributed by atoms with E-state index in [0.717, 1.165) is 18.1 Å². The number of rotatable bonds is 4. The van der Waals surface area contributed by atoms with Gasteiger partial charge in [-0.05, 0) is 75.6 Å². The molecule has 2 unspecified atom stereocenters. The summed E-state index contributed by atoms with van der Waals surface area (Å²) in [6.07, 6.45) is 9.08. The lowest BCUT2D eigenvalue weighted by atomic mass is 10.0. The van der Waals surface area contributed by atoms with Gasteiger partial charge in [-0.25, -0.2) is 4.98 Å². The molecule has 2 atom stereocenters. The minimum atomic E-state index is 0.431. The molecular weight excluding hydrogens is 346 g/mol. The van der Waals surface area contributed by atoms with Crippen molar-refractivity contribution in [3.8, 4) is 22.4 Å². The van der Waals surface area contributed by atoms with E-state index in [-0.39, 0.29) is 0 Å². The molecule has 0 aliphatic carbocycles. The van der Waals surface area contributed by atoms with Crippen LogP contribution in [0, 0.1) is 0 Å². The van der Waals surface area contributed by atoms with Crippen molar-refractivity contribution in [2.45, 2.75) is 37.8 Å². The zero-order chi connectivity index (χ0) is 19.1. The lowest BCUT2D eigenvalue weighted by Gasteiger charge is -2.17. The van der Waals surface area contributed by atoms with Gasteiger partial charge in [-0.3, -0.25) is 9.80 Å². The van der Waals surface area contributed by atoms with Crippen molar-refractivity contribution in [3.05, 3.63) is 54.2 Å². The first-order valence-corrected chi connectivity index (χ1v) is 10.4. The maximum absolute atomic E-state index is 4.65. The second-order valence-corrected chi connectivity index (χ2v) is 8.38. The molecule has 146 valence electrons. The van der Waals surface area contributed by atoms with Gasteiger partial charge in [-0.1, -0.05) is 24.3 Å². The van der Waals surface area contributed by atoms with Crippen LogP contribution in [0.25, 0.3) is 22.4 Å². The monoisotopic (exact) mass is 375 g/mol. The topological polar surface area (TPSA) is 51.0 Å². The summed E-state index contributed by atoms with van der Waals surface area (Å²) in [5.74, 6) is 1.09. The van der Waals surface area contributed by atoms with E-state index in [1.54, 1.807) is 0 Å². The second kappa shape index (κ2) is 7.22. The molecule has 0 amide bonds. The smallest absolute Gasteiger partial charge is 0.123 e. The third-order valence-corrected chi connectivity index (χ3v) is 6.55. The molecule has 5 rings (SSSR count). The Morgan fingerprint density at radius 2 is 1.57 bits per heavy atom. The predicted octanol–water partition coefficient (Wildman–Crippen LogP) is 4.61. The first-order valence-electron chi connectivity index (χ1n) is 10.4. The fourth-order valence-electron chi connectivity index (χ4n) is 4.82. The van der Waals surface area contributed by atoms with Gasteiger partial charge in [-0.2, -0.15) is 0 Å². The molecular formula is C23H29N5. The summed E-state index contributed by atoms with van der Waals surface area (Å²) in [6.45, 7) is 2.35. The highest BCUT2D eigenvalue weighted by atomic mass is 15.2. The van der Waals surface area contributed by atoms with Crippen molar-refractivity contribution < 1.29 is 0 Å². The molecule has 2 saturated heterocycles. The Hall–Kier alpha value is -2.37. The van der Waals surface area contributed by atoms with Crippen LogP contribution in [0.2, 0.25) is 0 Å². The maximum Gasteiger partial charge on any atom is 0.123 e. The van der Waals surface area contributed by atoms with Gasteiger partial charge in [-0.15, -0.1) is 0 Å². The molecule has 2 aliphatic rings. The van der Waals surface area contributed by atoms with E-state index in [0.29, 0.717) is 12.1 Å². The van der Waals surface area contributed by atoms with Crippen LogP contribution < -0.4 is 0 Å². The van der Waals surface area contributed by atoms with E-state index in [1.807, 2.05) is 6.20 Å². The zero-order valence-electron chi connectivity index (χ0n) is 16.8. The third-order valence-electron chi connectivity index (χ3n) is 6.55. The van der Waals surface area contributed by atoms with Gasteiger partial charge in [0, 0.05) is 17.9 Å². The van der Waals surface area contributed by atoms with Crippen molar-refractivity contribution >= 4 is 0 Å². The quantitative estimate of drug-likeness (QED) is 0.700. The Morgan fingerprint density at radius 1 is 0.893 bits per heavy atom. The summed E-state index contributed by atoms with van der Waals surface area (Å²) >= 11 is 0. The van der Waals surface area contributed by atoms with Gasteiger partial charge in [0.2, 0.25) is 0 Å². The molecule has 0 bridgehead atoms. The SMILES string of the molecule is CN1CCCC1c1cc(-c2ccc(-c3cnc(C4CCCN4C)[nH]3)cc2)c[nH]1. The molecule has 1 aromatic carbocycles. The fourth-order valence-corrected chi connectivity index (χ4v) is 4.82. The number of likely N-dealkylation sites (tertiary alicyclic amines) is 2. The average Bonchev–Trinajstić information content (AvgIpc) is 3.48. The molecule has 2 fully saturated rings. The number of nitrogens with one attached hydrogen (secondary N) is 2. The van der Waals surface area contributed by atoms with E-state index in [2.05, 4.69) is 75.4 Å². The van der Waals surface area contributed by atoms with Crippen LogP contribution in [-0.4, -0.2) is 51.9 Å². The van der Waals surface area contributed by atoms with Crippen LogP contribution >= 0.6 is 0 Å². The number of imidazole rings is 1. The van der Waals surface area contributed by atoms with Gasteiger partial charge in [0.1, 0.15) is 5.82 Å². The third kappa shape index (κ3) is 3.19. The number of H-pyrrole nitrogens is 2. The summed E-state index contributed by atoms with van der Waals surface area (Å²) in [6, 6.07) is 12.1. The largest absolute Gasteiger partial charge is 0.363 e. The Labute approximate surface area is 166 Å². The molecule has 3 aromatic rings. The molecule has 0 saturated carbocycles. The number of nitrogens with zero attached hydrogens (tertiary/aromatic N) is 3. The minimum absolute atomic E-state index is 0.431. The van der Waals surface area contributed by atoms with Gasteiger partial charge in [0.25, 0.3) is 0 Å². The van der Waals surface area contributed by atoms with E-state index >= 15 is 0 Å². The molecule has 2 aliphatic heterocycles. The normalized spacial score (nSPS) is 23.6. The van der Waals surface area contributed by atoms with Crippen LogP contribution in [0.15, 0.2) is 42.7 Å². The summed E-state index contributed by atoms with van der Waals surface area (Å²) in [5, 5.41) is 0. The Balaban J connectivity index is 1.34. The van der Waals surface area contributed by atoms with Crippen molar-refractivity contribution in [1.82, 2.24) is 24.8 Å². The zero-order valence-corrected chi connectivity index (χ0v) is 16.8. The maximum atomic E-state index is 4.65. The molecule has 28 heavy (non-hydrogen) atoms. The van der Waals surface area contributed by atoms with Crippen molar-refractivity contribution in [1.29, 1.82) is 0 Å². The highest BCUT2D eigenvalue weighted by Crippen LogP contribution is 2.33. The molecule has 5 nitrogen and oxygen atoms in total. The molecule has 2 N–H and O–H groups in total. The van der Waals surface area contributed by atoms with Crippen LogP contribution in [0.1, 0.15) is 49.3 Å². The standard InChI is InChI=1S/C23H29N5/c1-27-11-3-5-21(27)19-13-18(14-24-19)16-7-9-17(10-8-16)20-15-25-23(26-20)22-6-4-12-28(22)2/h7-10,13-15,21-22,24H,3-6,11-12H2,1-2H3,(H,25,26). The lowest BCUT2D eigenvalue weighted by molar-refractivity contribution is 0.307.